The molecule has 3 aromatic rings. The van der Waals surface area contributed by atoms with Crippen molar-refractivity contribution in [2.75, 3.05) is 0 Å². The van der Waals surface area contributed by atoms with E-state index in [4.69, 9.17) is 5.11 Å². The van der Waals surface area contributed by atoms with Crippen LogP contribution in [0, 0.1) is 23.3 Å². The molecule has 2 nitrogen and oxygen atoms in total. The lowest BCUT2D eigenvalue weighted by Crippen LogP contribution is -2.25. The Balaban J connectivity index is 1.97. The van der Waals surface area contributed by atoms with Gasteiger partial charge in [-0.3, -0.25) is 0 Å². The fourth-order valence-electron chi connectivity index (χ4n) is 2.75. The molecule has 0 aromatic heterocycles. The normalized spacial score (nSPS) is 11.6. The zero-order valence-corrected chi connectivity index (χ0v) is 14.9. The Morgan fingerprint density at radius 2 is 1.31 bits per heavy atom. The number of hydrogen-bond donors (Lipinski definition) is 1. The summed E-state index contributed by atoms with van der Waals surface area (Å²) in [4.78, 5) is 0. The zero-order valence-electron chi connectivity index (χ0n) is 14.9. The molecule has 152 valence electrons. The third-order valence-corrected chi connectivity index (χ3v) is 4.27. The van der Waals surface area contributed by atoms with Crippen LogP contribution in [0.15, 0.2) is 48.5 Å². The standard InChI is InChI=1S/C21H14F6O2/c1-2-11-3-5-12(6-4-11)13-7-15(22)19(16(23)8-13)21(26,27)29-14-9-17(24)20(28)18(25)10-14/h3-10,28H,2H2,1H3. The first-order valence-electron chi connectivity index (χ1n) is 8.46. The van der Waals surface area contributed by atoms with E-state index in [0.29, 0.717) is 17.7 Å². The summed E-state index contributed by atoms with van der Waals surface area (Å²) >= 11 is 0. The fraction of sp³-hybridized carbons (Fsp3) is 0.143. The van der Waals surface area contributed by atoms with Crippen LogP contribution in [0.3, 0.4) is 0 Å². The van der Waals surface area contributed by atoms with Gasteiger partial charge in [-0.25, -0.2) is 17.6 Å². The third-order valence-electron chi connectivity index (χ3n) is 4.27. The smallest absolute Gasteiger partial charge is 0.432 e. The number of phenols is 1. The highest BCUT2D eigenvalue weighted by molar-refractivity contribution is 5.64. The van der Waals surface area contributed by atoms with Gasteiger partial charge in [0.15, 0.2) is 17.4 Å². The average molecular weight is 412 g/mol. The third kappa shape index (κ3) is 4.16. The molecule has 0 spiro atoms. The molecule has 29 heavy (non-hydrogen) atoms. The maximum Gasteiger partial charge on any atom is 0.432 e. The zero-order chi connectivity index (χ0) is 21.3. The van der Waals surface area contributed by atoms with Crippen LogP contribution in [0.4, 0.5) is 26.3 Å². The predicted molar refractivity (Wildman–Crippen MR) is 93.7 cm³/mol. The topological polar surface area (TPSA) is 29.5 Å². The molecule has 1 N–H and O–H groups in total. The summed E-state index contributed by atoms with van der Waals surface area (Å²) in [5, 5.41) is 8.99. The molecule has 0 heterocycles. The summed E-state index contributed by atoms with van der Waals surface area (Å²) in [6.45, 7) is 1.93. The van der Waals surface area contributed by atoms with Crippen molar-refractivity contribution in [2.24, 2.45) is 0 Å². The van der Waals surface area contributed by atoms with Crippen molar-refractivity contribution in [3.8, 4) is 22.6 Å². The molecule has 3 rings (SSSR count). The van der Waals surface area contributed by atoms with Gasteiger partial charge in [0.2, 0.25) is 0 Å². The van der Waals surface area contributed by atoms with Crippen molar-refractivity contribution in [1.29, 1.82) is 0 Å². The van der Waals surface area contributed by atoms with Crippen LogP contribution in [0.5, 0.6) is 11.5 Å². The highest BCUT2D eigenvalue weighted by atomic mass is 19.3. The average Bonchev–Trinajstić information content (AvgIpc) is 2.65. The molecule has 0 saturated carbocycles. The van der Waals surface area contributed by atoms with Crippen molar-refractivity contribution >= 4 is 0 Å². The van der Waals surface area contributed by atoms with E-state index >= 15 is 0 Å². The Hall–Kier alpha value is -3.16. The molecule has 0 aliphatic heterocycles. The molecular weight excluding hydrogens is 398 g/mol. The van der Waals surface area contributed by atoms with Crippen molar-refractivity contribution in [3.63, 3.8) is 0 Å². The molecule has 0 aliphatic rings. The van der Waals surface area contributed by atoms with E-state index < -0.39 is 46.4 Å². The Bertz CT molecular complexity index is 1000. The highest BCUT2D eigenvalue weighted by Gasteiger charge is 2.41. The minimum Gasteiger partial charge on any atom is -0.503 e. The van der Waals surface area contributed by atoms with Crippen molar-refractivity contribution in [1.82, 2.24) is 0 Å². The number of phenolic OH excluding ortho intramolecular Hbond substituents is 1. The predicted octanol–water partition coefficient (Wildman–Crippen LogP) is 6.31. The van der Waals surface area contributed by atoms with Crippen molar-refractivity contribution in [3.05, 3.63) is 82.9 Å². The van der Waals surface area contributed by atoms with E-state index in [1.807, 2.05) is 6.92 Å². The van der Waals surface area contributed by atoms with Gasteiger partial charge in [0, 0.05) is 12.1 Å². The molecule has 0 radical (unpaired) electrons. The Labute approximate surface area is 162 Å². The van der Waals surface area contributed by atoms with Gasteiger partial charge in [-0.15, -0.1) is 0 Å². The number of rotatable bonds is 5. The van der Waals surface area contributed by atoms with Crippen molar-refractivity contribution < 1.29 is 36.2 Å². The van der Waals surface area contributed by atoms with Gasteiger partial charge in [-0.05, 0) is 35.2 Å². The molecule has 8 heteroatoms. The lowest BCUT2D eigenvalue weighted by molar-refractivity contribution is -0.189. The van der Waals surface area contributed by atoms with Crippen LogP contribution in [0.2, 0.25) is 0 Å². The van der Waals surface area contributed by atoms with Gasteiger partial charge in [0.25, 0.3) is 0 Å². The number of hydrogen-bond acceptors (Lipinski definition) is 2. The molecule has 3 aromatic carbocycles. The largest absolute Gasteiger partial charge is 0.503 e. The van der Waals surface area contributed by atoms with Crippen molar-refractivity contribution in [2.45, 2.75) is 19.5 Å². The van der Waals surface area contributed by atoms with E-state index in [9.17, 15) is 26.3 Å². The minimum atomic E-state index is -4.57. The molecule has 0 atom stereocenters. The first-order valence-corrected chi connectivity index (χ1v) is 8.46. The van der Waals surface area contributed by atoms with Crippen LogP contribution in [0.25, 0.3) is 11.1 Å². The van der Waals surface area contributed by atoms with E-state index in [2.05, 4.69) is 4.74 Å². The first kappa shape index (κ1) is 20.6. The summed E-state index contributed by atoms with van der Waals surface area (Å²) in [7, 11) is 0. The lowest BCUT2D eigenvalue weighted by atomic mass is 10.0. The van der Waals surface area contributed by atoms with E-state index in [0.717, 1.165) is 12.0 Å². The van der Waals surface area contributed by atoms with E-state index in [1.54, 1.807) is 24.3 Å². The minimum absolute atomic E-state index is 0.0314. The number of aromatic hydroxyl groups is 1. The highest BCUT2D eigenvalue weighted by Crippen LogP contribution is 2.38. The van der Waals surface area contributed by atoms with Crippen LogP contribution in [-0.4, -0.2) is 5.11 Å². The second-order valence-corrected chi connectivity index (χ2v) is 6.22. The fourth-order valence-corrected chi connectivity index (χ4v) is 2.75. The Kier molecular flexibility index (Phi) is 5.46. The SMILES string of the molecule is CCc1ccc(-c2cc(F)c(C(F)(F)Oc3cc(F)c(O)c(F)c3)c(F)c2)cc1. The van der Waals surface area contributed by atoms with Crippen LogP contribution in [-0.2, 0) is 12.5 Å². The molecule has 0 bridgehead atoms. The van der Waals surface area contributed by atoms with Gasteiger partial charge < -0.3 is 9.84 Å². The number of alkyl halides is 2. The molecule has 0 saturated heterocycles. The molecule has 0 aliphatic carbocycles. The number of benzene rings is 3. The van der Waals surface area contributed by atoms with Gasteiger partial charge in [-0.2, -0.15) is 8.78 Å². The summed E-state index contributed by atoms with van der Waals surface area (Å²) in [5.41, 5.74) is -0.276. The number of halogens is 6. The van der Waals surface area contributed by atoms with Crippen LogP contribution >= 0.6 is 0 Å². The van der Waals surface area contributed by atoms with Gasteiger partial charge in [0.1, 0.15) is 22.9 Å². The second kappa shape index (κ2) is 7.69. The maximum atomic E-state index is 14.4. The van der Waals surface area contributed by atoms with E-state index in [1.165, 1.54) is 0 Å². The summed E-state index contributed by atoms with van der Waals surface area (Å²) in [5.74, 6) is -8.77. The Morgan fingerprint density at radius 1 is 0.793 bits per heavy atom. The maximum absolute atomic E-state index is 14.4. The van der Waals surface area contributed by atoms with Crippen LogP contribution in [0.1, 0.15) is 18.1 Å². The molecule has 0 unspecified atom stereocenters. The van der Waals surface area contributed by atoms with Crippen LogP contribution < -0.4 is 4.74 Å². The summed E-state index contributed by atoms with van der Waals surface area (Å²) in [6, 6.07) is 8.66. The Morgan fingerprint density at radius 3 is 1.79 bits per heavy atom. The van der Waals surface area contributed by atoms with Gasteiger partial charge in [0.05, 0.1) is 0 Å². The molecule has 0 amide bonds. The monoisotopic (exact) mass is 412 g/mol. The summed E-state index contributed by atoms with van der Waals surface area (Å²) in [6.07, 6.45) is -3.82. The summed E-state index contributed by atoms with van der Waals surface area (Å²) < 4.78 is 88.2. The molecule has 0 fully saturated rings. The molecular formula is C21H14F6O2. The lowest BCUT2D eigenvalue weighted by Gasteiger charge is -2.20. The number of aryl methyl sites for hydroxylation is 1. The van der Waals surface area contributed by atoms with E-state index in [-0.39, 0.29) is 17.7 Å². The van der Waals surface area contributed by atoms with Gasteiger partial charge >= 0.3 is 6.11 Å². The second-order valence-electron chi connectivity index (χ2n) is 6.22. The first-order chi connectivity index (χ1) is 13.6. The number of ether oxygens (including phenoxy) is 1. The quantitative estimate of drug-likeness (QED) is 0.498. The van der Waals surface area contributed by atoms with Gasteiger partial charge in [-0.1, -0.05) is 31.2 Å².